The summed E-state index contributed by atoms with van der Waals surface area (Å²) >= 11 is 1.63. The van der Waals surface area contributed by atoms with Crippen molar-refractivity contribution in [2.24, 2.45) is 5.92 Å². The fraction of sp³-hybridized carbons (Fsp3) is 0.400. The molecule has 4 nitrogen and oxygen atoms in total. The van der Waals surface area contributed by atoms with E-state index in [1.54, 1.807) is 16.2 Å². The van der Waals surface area contributed by atoms with E-state index in [9.17, 15) is 9.59 Å². The Morgan fingerprint density at radius 1 is 1.24 bits per heavy atom. The summed E-state index contributed by atoms with van der Waals surface area (Å²) in [6, 6.07) is 12.0. The molecule has 1 aromatic heterocycles. The molecule has 1 saturated heterocycles. The molecule has 25 heavy (non-hydrogen) atoms. The summed E-state index contributed by atoms with van der Waals surface area (Å²) in [7, 11) is 0. The third-order valence-corrected chi connectivity index (χ3v) is 5.73. The lowest BCUT2D eigenvalue weighted by Gasteiger charge is -2.19. The molecule has 2 amide bonds. The molecule has 2 atom stereocenters. The van der Waals surface area contributed by atoms with Crippen molar-refractivity contribution >= 4 is 28.8 Å². The number of nitrogens with one attached hydrogen (secondary N) is 1. The lowest BCUT2D eigenvalue weighted by Crippen LogP contribution is -2.34. The quantitative estimate of drug-likeness (QED) is 0.877. The fourth-order valence-corrected chi connectivity index (χ4v) is 3.86. The number of rotatable bonds is 5. The average Bonchev–Trinajstić information content (AvgIpc) is 3.24. The van der Waals surface area contributed by atoms with Gasteiger partial charge >= 0.3 is 0 Å². The summed E-state index contributed by atoms with van der Waals surface area (Å²) in [5.74, 6) is 0.0858. The number of hydrogen-bond acceptors (Lipinski definition) is 3. The second kappa shape index (κ2) is 7.40. The molecule has 0 unspecified atom stereocenters. The Bertz CT molecular complexity index is 755. The van der Waals surface area contributed by atoms with Crippen molar-refractivity contribution in [3.63, 3.8) is 0 Å². The van der Waals surface area contributed by atoms with Gasteiger partial charge in [0.25, 0.3) is 0 Å². The fourth-order valence-electron chi connectivity index (χ4n) is 3.12. The summed E-state index contributed by atoms with van der Waals surface area (Å²) in [6.07, 6.45) is 0.273. The second-order valence-electron chi connectivity index (χ2n) is 6.90. The van der Waals surface area contributed by atoms with Crippen molar-refractivity contribution in [3.05, 3.63) is 52.2 Å². The molecule has 1 aliphatic heterocycles. The second-order valence-corrected chi connectivity index (χ2v) is 7.88. The van der Waals surface area contributed by atoms with E-state index < -0.39 is 0 Å². The largest absolute Gasteiger partial charge is 0.348 e. The van der Waals surface area contributed by atoms with Crippen molar-refractivity contribution in [1.82, 2.24) is 5.32 Å². The van der Waals surface area contributed by atoms with Crippen molar-refractivity contribution < 1.29 is 9.59 Å². The molecule has 5 heteroatoms. The molecule has 2 aromatic rings. The zero-order chi connectivity index (χ0) is 18.0. The third-order valence-electron chi connectivity index (χ3n) is 4.67. The van der Waals surface area contributed by atoms with Gasteiger partial charge in [-0.25, -0.2) is 0 Å². The van der Waals surface area contributed by atoms with Crippen LogP contribution in [0.1, 0.15) is 49.6 Å². The van der Waals surface area contributed by atoms with E-state index in [-0.39, 0.29) is 30.2 Å². The topological polar surface area (TPSA) is 49.4 Å². The number of thiophene rings is 1. The minimum Gasteiger partial charge on any atom is -0.348 e. The molecule has 0 bridgehead atoms. The lowest BCUT2D eigenvalue weighted by molar-refractivity contribution is -0.126. The molecule has 1 fully saturated rings. The van der Waals surface area contributed by atoms with E-state index in [4.69, 9.17) is 0 Å². The first-order valence-electron chi connectivity index (χ1n) is 8.70. The molecular weight excluding hydrogens is 332 g/mol. The number of anilines is 1. The van der Waals surface area contributed by atoms with E-state index in [2.05, 4.69) is 31.3 Å². The molecular formula is C20H24N2O2S. The highest BCUT2D eigenvalue weighted by Gasteiger charge is 2.35. The van der Waals surface area contributed by atoms with Crippen molar-refractivity contribution in [2.45, 2.75) is 39.2 Å². The standard InChI is InChI=1S/C20H24N2O2S/c1-13(2)15-6-4-7-17(10-15)22-12-16(11-19(22)23)20(24)21-14(3)18-8-5-9-25-18/h4-10,13-14,16H,11-12H2,1-3H3,(H,21,24)/t14-,16-/m0/s1. The van der Waals surface area contributed by atoms with Gasteiger partial charge in [-0.3, -0.25) is 9.59 Å². The first-order chi connectivity index (χ1) is 12.0. The normalized spacial score (nSPS) is 18.6. The van der Waals surface area contributed by atoms with Gasteiger partial charge in [-0.15, -0.1) is 11.3 Å². The average molecular weight is 356 g/mol. The van der Waals surface area contributed by atoms with E-state index >= 15 is 0 Å². The predicted molar refractivity (Wildman–Crippen MR) is 102 cm³/mol. The van der Waals surface area contributed by atoms with Gasteiger partial charge in [-0.2, -0.15) is 0 Å². The number of hydrogen-bond donors (Lipinski definition) is 1. The monoisotopic (exact) mass is 356 g/mol. The van der Waals surface area contributed by atoms with Crippen LogP contribution in [-0.2, 0) is 9.59 Å². The van der Waals surface area contributed by atoms with Crippen LogP contribution in [0.4, 0.5) is 5.69 Å². The highest BCUT2D eigenvalue weighted by Crippen LogP contribution is 2.28. The van der Waals surface area contributed by atoms with Crippen molar-refractivity contribution in [1.29, 1.82) is 0 Å². The highest BCUT2D eigenvalue weighted by molar-refractivity contribution is 7.10. The molecule has 0 saturated carbocycles. The van der Waals surface area contributed by atoms with E-state index in [0.29, 0.717) is 12.5 Å². The van der Waals surface area contributed by atoms with Gasteiger partial charge in [-0.1, -0.05) is 32.0 Å². The van der Waals surface area contributed by atoms with E-state index in [0.717, 1.165) is 10.6 Å². The number of carbonyl (C=O) groups excluding carboxylic acids is 2. The maximum Gasteiger partial charge on any atom is 0.227 e. The summed E-state index contributed by atoms with van der Waals surface area (Å²) in [6.45, 7) is 6.69. The summed E-state index contributed by atoms with van der Waals surface area (Å²) < 4.78 is 0. The number of carbonyl (C=O) groups is 2. The smallest absolute Gasteiger partial charge is 0.227 e. The Balaban J connectivity index is 1.67. The van der Waals surface area contributed by atoms with Crippen LogP contribution in [0.3, 0.4) is 0 Å². The molecule has 0 aliphatic carbocycles. The zero-order valence-electron chi connectivity index (χ0n) is 14.9. The van der Waals surface area contributed by atoms with E-state index in [1.807, 2.05) is 36.6 Å². The van der Waals surface area contributed by atoms with E-state index in [1.165, 1.54) is 5.56 Å². The van der Waals surface area contributed by atoms with Crippen LogP contribution in [0, 0.1) is 5.92 Å². The first kappa shape index (κ1) is 17.7. The Kier molecular flexibility index (Phi) is 5.23. The van der Waals surface area contributed by atoms with Crippen LogP contribution in [0.2, 0.25) is 0 Å². The van der Waals surface area contributed by atoms with Gasteiger partial charge in [0.1, 0.15) is 0 Å². The van der Waals surface area contributed by atoms with Gasteiger partial charge in [0, 0.05) is 23.5 Å². The van der Waals surface area contributed by atoms with Gasteiger partial charge in [0.05, 0.1) is 12.0 Å². The Morgan fingerprint density at radius 3 is 2.72 bits per heavy atom. The Labute approximate surface area is 152 Å². The maximum absolute atomic E-state index is 12.6. The van der Waals surface area contributed by atoms with Gasteiger partial charge < -0.3 is 10.2 Å². The van der Waals surface area contributed by atoms with Crippen LogP contribution in [0.25, 0.3) is 0 Å². The van der Waals surface area contributed by atoms with Crippen LogP contribution >= 0.6 is 11.3 Å². The van der Waals surface area contributed by atoms with Crippen LogP contribution in [-0.4, -0.2) is 18.4 Å². The molecule has 132 valence electrons. The minimum atomic E-state index is -0.294. The van der Waals surface area contributed by atoms with Gasteiger partial charge in [-0.05, 0) is 42.0 Å². The summed E-state index contributed by atoms with van der Waals surface area (Å²) in [5, 5.41) is 5.04. The number of nitrogens with zero attached hydrogens (tertiary/aromatic N) is 1. The molecule has 1 N–H and O–H groups in total. The number of benzene rings is 1. The van der Waals surface area contributed by atoms with Crippen LogP contribution < -0.4 is 10.2 Å². The van der Waals surface area contributed by atoms with Crippen LogP contribution in [0.5, 0.6) is 0 Å². The Morgan fingerprint density at radius 2 is 2.04 bits per heavy atom. The molecule has 3 rings (SSSR count). The minimum absolute atomic E-state index is 0.0184. The van der Waals surface area contributed by atoms with Crippen LogP contribution in [0.15, 0.2) is 41.8 Å². The molecule has 1 aromatic carbocycles. The SMILES string of the molecule is CC(C)c1cccc(N2C[C@@H](C(=O)N[C@@H](C)c3cccs3)CC2=O)c1. The highest BCUT2D eigenvalue weighted by atomic mass is 32.1. The van der Waals surface area contributed by atoms with Crippen molar-refractivity contribution in [2.75, 3.05) is 11.4 Å². The third kappa shape index (κ3) is 3.93. The lowest BCUT2D eigenvalue weighted by atomic mass is 10.0. The Hall–Kier alpha value is -2.14. The molecule has 2 heterocycles. The maximum atomic E-state index is 12.6. The van der Waals surface area contributed by atoms with Gasteiger partial charge in [0.2, 0.25) is 11.8 Å². The van der Waals surface area contributed by atoms with Crippen molar-refractivity contribution in [3.8, 4) is 0 Å². The molecule has 1 aliphatic rings. The van der Waals surface area contributed by atoms with Gasteiger partial charge in [0.15, 0.2) is 0 Å². The zero-order valence-corrected chi connectivity index (χ0v) is 15.7. The number of amides is 2. The summed E-state index contributed by atoms with van der Waals surface area (Å²) in [5.41, 5.74) is 2.09. The predicted octanol–water partition coefficient (Wildman–Crippen LogP) is 4.10. The molecule has 0 radical (unpaired) electrons. The first-order valence-corrected chi connectivity index (χ1v) is 9.57. The molecule has 0 spiro atoms. The summed E-state index contributed by atoms with van der Waals surface area (Å²) in [4.78, 5) is 27.9.